The number of thioether (sulfide) groups is 1. The number of carbonyl (C=O) groups is 4. The van der Waals surface area contributed by atoms with Crippen LogP contribution in [-0.2, 0) is 33.1 Å². The molecule has 0 radical (unpaired) electrons. The zero-order valence-corrected chi connectivity index (χ0v) is 26.3. The van der Waals surface area contributed by atoms with Gasteiger partial charge in [0.25, 0.3) is 0 Å². The highest BCUT2D eigenvalue weighted by Gasteiger charge is 2.38. The summed E-state index contributed by atoms with van der Waals surface area (Å²) in [5.74, 6) is -0.0505. The summed E-state index contributed by atoms with van der Waals surface area (Å²) in [5, 5.41) is 5.50. The molecular formula is C35H42N4O4S. The van der Waals surface area contributed by atoms with Crippen LogP contribution in [0, 0.1) is 0 Å². The van der Waals surface area contributed by atoms with Gasteiger partial charge in [-0.3, -0.25) is 24.1 Å². The van der Waals surface area contributed by atoms with Gasteiger partial charge in [0, 0.05) is 51.0 Å². The number of aldehydes is 1. The van der Waals surface area contributed by atoms with Crippen LogP contribution in [-0.4, -0.2) is 77.8 Å². The van der Waals surface area contributed by atoms with E-state index in [1.807, 2.05) is 67.6 Å². The van der Waals surface area contributed by atoms with Crippen LogP contribution < -0.4 is 10.6 Å². The normalized spacial score (nSPS) is 16.9. The highest BCUT2D eigenvalue weighted by molar-refractivity contribution is 7.99. The van der Waals surface area contributed by atoms with Gasteiger partial charge in [-0.05, 0) is 23.1 Å². The van der Waals surface area contributed by atoms with Gasteiger partial charge in [-0.15, -0.1) is 11.8 Å². The van der Waals surface area contributed by atoms with Crippen molar-refractivity contribution in [1.82, 2.24) is 20.4 Å². The predicted octanol–water partition coefficient (Wildman–Crippen LogP) is 4.09. The molecule has 232 valence electrons. The molecule has 4 rings (SSSR count). The molecule has 1 fully saturated rings. The molecule has 1 aliphatic rings. The molecule has 8 nitrogen and oxygen atoms in total. The minimum absolute atomic E-state index is 0.180. The molecule has 3 atom stereocenters. The highest BCUT2D eigenvalue weighted by atomic mass is 32.2. The molecule has 1 heterocycles. The Bertz CT molecular complexity index is 1370. The molecule has 9 heteroatoms. The molecule has 0 bridgehead atoms. The Hall–Kier alpha value is -3.95. The Morgan fingerprint density at radius 2 is 1.57 bits per heavy atom. The van der Waals surface area contributed by atoms with E-state index in [0.717, 1.165) is 29.4 Å². The van der Waals surface area contributed by atoms with E-state index in [1.165, 1.54) is 11.8 Å². The molecular weight excluding hydrogens is 572 g/mol. The molecule has 3 aromatic carbocycles. The molecule has 3 amide bonds. The average Bonchev–Trinajstić information content (AvgIpc) is 3.20. The van der Waals surface area contributed by atoms with E-state index < -0.39 is 12.1 Å². The Labute approximate surface area is 264 Å². The zero-order chi connectivity index (χ0) is 31.3. The maximum Gasteiger partial charge on any atom is 0.247 e. The number of carbonyl (C=O) groups excluding carboxylic acids is 4. The van der Waals surface area contributed by atoms with E-state index in [-0.39, 0.29) is 23.0 Å². The van der Waals surface area contributed by atoms with Crippen LogP contribution in [0.5, 0.6) is 0 Å². The zero-order valence-electron chi connectivity index (χ0n) is 25.5. The lowest BCUT2D eigenvalue weighted by atomic mass is 10.0. The van der Waals surface area contributed by atoms with Gasteiger partial charge in [-0.25, -0.2) is 0 Å². The van der Waals surface area contributed by atoms with Gasteiger partial charge in [0.05, 0.1) is 5.25 Å². The molecule has 0 aliphatic carbocycles. The maximum absolute atomic E-state index is 14.2. The third-order valence-electron chi connectivity index (χ3n) is 7.85. The fourth-order valence-electron chi connectivity index (χ4n) is 5.44. The third-order valence-corrected chi connectivity index (χ3v) is 9.20. The van der Waals surface area contributed by atoms with E-state index in [4.69, 9.17) is 0 Å². The number of benzene rings is 3. The summed E-state index contributed by atoms with van der Waals surface area (Å²) in [6.07, 6.45) is 2.67. The van der Waals surface area contributed by atoms with Crippen LogP contribution in [0.15, 0.2) is 84.9 Å². The van der Waals surface area contributed by atoms with Gasteiger partial charge in [-0.1, -0.05) is 98.3 Å². The van der Waals surface area contributed by atoms with Crippen molar-refractivity contribution in [3.05, 3.63) is 107 Å². The first-order valence-corrected chi connectivity index (χ1v) is 16.2. The Kier molecular flexibility index (Phi) is 12.6. The molecule has 44 heavy (non-hydrogen) atoms. The molecule has 2 unspecified atom stereocenters. The summed E-state index contributed by atoms with van der Waals surface area (Å²) >= 11 is 1.53. The first-order valence-electron chi connectivity index (χ1n) is 15.2. The third kappa shape index (κ3) is 9.27. The van der Waals surface area contributed by atoms with Gasteiger partial charge in [0.1, 0.15) is 18.4 Å². The van der Waals surface area contributed by atoms with Gasteiger partial charge >= 0.3 is 0 Å². The van der Waals surface area contributed by atoms with Crippen molar-refractivity contribution < 1.29 is 19.2 Å². The van der Waals surface area contributed by atoms with Crippen LogP contribution in [0.3, 0.4) is 0 Å². The van der Waals surface area contributed by atoms with Crippen LogP contribution in [0.4, 0.5) is 0 Å². The Morgan fingerprint density at radius 1 is 0.909 bits per heavy atom. The van der Waals surface area contributed by atoms with Crippen molar-refractivity contribution >= 4 is 35.8 Å². The molecule has 2 N–H and O–H groups in total. The summed E-state index contributed by atoms with van der Waals surface area (Å²) in [6, 6.07) is 25.6. The van der Waals surface area contributed by atoms with Gasteiger partial charge in [0.15, 0.2) is 0 Å². The van der Waals surface area contributed by atoms with Crippen molar-refractivity contribution in [2.45, 2.75) is 55.8 Å². The number of amides is 3. The summed E-state index contributed by atoms with van der Waals surface area (Å²) in [7, 11) is 1.59. The quantitative estimate of drug-likeness (QED) is 0.266. The van der Waals surface area contributed by atoms with Gasteiger partial charge in [0.2, 0.25) is 17.7 Å². The van der Waals surface area contributed by atoms with Gasteiger partial charge < -0.3 is 15.5 Å². The minimum atomic E-state index is -0.802. The number of hydrogen-bond acceptors (Lipinski definition) is 6. The summed E-state index contributed by atoms with van der Waals surface area (Å²) in [5.41, 5.74) is 3.71. The van der Waals surface area contributed by atoms with E-state index in [1.54, 1.807) is 24.1 Å². The van der Waals surface area contributed by atoms with Gasteiger partial charge in [-0.2, -0.15) is 0 Å². The molecule has 0 saturated carbocycles. The van der Waals surface area contributed by atoms with E-state index in [2.05, 4.69) is 27.7 Å². The number of rotatable bonds is 14. The number of nitrogens with zero attached hydrogens (tertiary/aromatic N) is 2. The number of likely N-dealkylation sites (N-methyl/N-ethyl adjacent to an activating group) is 1. The molecule has 0 spiro atoms. The van der Waals surface area contributed by atoms with E-state index in [0.29, 0.717) is 50.3 Å². The van der Waals surface area contributed by atoms with Crippen LogP contribution in [0.1, 0.15) is 46.8 Å². The second-order valence-electron chi connectivity index (χ2n) is 11.1. The average molecular weight is 615 g/mol. The standard InChI is InChI=1S/C35H42N4O4S/c1-3-10-32(44-25-29-17-15-28(24-40)16-18-29)34(42)37-30-23-38(22-27-13-8-5-9-14-27)19-20-39(35(30)43)31(33(41)36-2)21-26-11-6-4-7-12-26/h4-9,11-18,24,30-32H,3,10,19-23,25H2,1-2H3,(H,36,41)(H,37,42)/t30?,31-,32?/m0/s1. The highest BCUT2D eigenvalue weighted by Crippen LogP contribution is 2.23. The fourth-order valence-corrected chi connectivity index (χ4v) is 6.65. The Morgan fingerprint density at radius 3 is 2.18 bits per heavy atom. The number of nitrogens with one attached hydrogen (secondary N) is 2. The summed E-state index contributed by atoms with van der Waals surface area (Å²) < 4.78 is 0. The first kappa shape index (κ1) is 33.0. The smallest absolute Gasteiger partial charge is 0.247 e. The van der Waals surface area contributed by atoms with Crippen LogP contribution in [0.25, 0.3) is 0 Å². The second kappa shape index (κ2) is 16.8. The van der Waals surface area contributed by atoms with Crippen molar-refractivity contribution in [3.8, 4) is 0 Å². The molecule has 3 aromatic rings. The number of hydrogen-bond donors (Lipinski definition) is 2. The largest absolute Gasteiger partial charge is 0.357 e. The molecule has 1 aliphatic heterocycles. The Balaban J connectivity index is 1.55. The van der Waals surface area contributed by atoms with E-state index >= 15 is 0 Å². The second-order valence-corrected chi connectivity index (χ2v) is 12.3. The van der Waals surface area contributed by atoms with Crippen molar-refractivity contribution in [2.24, 2.45) is 0 Å². The lowest BCUT2D eigenvalue weighted by Crippen LogP contribution is -2.57. The first-order chi connectivity index (χ1) is 21.4. The van der Waals surface area contributed by atoms with Crippen molar-refractivity contribution in [1.29, 1.82) is 0 Å². The van der Waals surface area contributed by atoms with Crippen molar-refractivity contribution in [3.63, 3.8) is 0 Å². The SMILES string of the molecule is CCCC(SCc1ccc(C=O)cc1)C(=O)NC1CN(Cc2ccccc2)CCN([C@@H](Cc2ccccc2)C(=O)NC)C1=O. The minimum Gasteiger partial charge on any atom is -0.357 e. The molecule has 1 saturated heterocycles. The lowest BCUT2D eigenvalue weighted by molar-refractivity contribution is -0.142. The predicted molar refractivity (Wildman–Crippen MR) is 175 cm³/mol. The molecule has 0 aromatic heterocycles. The van der Waals surface area contributed by atoms with Crippen molar-refractivity contribution in [2.75, 3.05) is 26.7 Å². The summed E-state index contributed by atoms with van der Waals surface area (Å²) in [6.45, 7) is 3.95. The van der Waals surface area contributed by atoms with Crippen LogP contribution >= 0.6 is 11.8 Å². The van der Waals surface area contributed by atoms with Crippen LogP contribution in [0.2, 0.25) is 0 Å². The fraction of sp³-hybridized carbons (Fsp3) is 0.371. The van der Waals surface area contributed by atoms with E-state index in [9.17, 15) is 19.2 Å². The lowest BCUT2D eigenvalue weighted by Gasteiger charge is -2.32. The maximum atomic E-state index is 14.2. The summed E-state index contributed by atoms with van der Waals surface area (Å²) in [4.78, 5) is 56.0. The monoisotopic (exact) mass is 614 g/mol. The topological polar surface area (TPSA) is 98.8 Å².